The summed E-state index contributed by atoms with van der Waals surface area (Å²) in [6.07, 6.45) is -4.70. The summed E-state index contributed by atoms with van der Waals surface area (Å²) in [5.74, 6) is -1.56. The van der Waals surface area contributed by atoms with E-state index in [0.29, 0.717) is 5.56 Å². The fraction of sp³-hybridized carbons (Fsp3) is 0.214. The molecule has 0 atom stereocenters. The number of hydrogen-bond acceptors (Lipinski definition) is 4. The molecule has 2 aromatic rings. The zero-order chi connectivity index (χ0) is 17.2. The first-order valence-corrected chi connectivity index (χ1v) is 6.70. The lowest BCUT2D eigenvalue weighted by molar-refractivity contribution is -0.141. The molecule has 0 amide bonds. The average molecular weight is 346 g/mol. The number of carbonyl (C=O) groups is 1. The van der Waals surface area contributed by atoms with Gasteiger partial charge in [0.25, 0.3) is 0 Å². The molecule has 0 bridgehead atoms. The maximum Gasteiger partial charge on any atom is 0.433 e. The summed E-state index contributed by atoms with van der Waals surface area (Å²) in [5.41, 5.74) is -0.910. The van der Waals surface area contributed by atoms with Crippen molar-refractivity contribution in [2.24, 2.45) is 0 Å². The van der Waals surface area contributed by atoms with Crippen molar-refractivity contribution >= 4 is 23.5 Å². The minimum absolute atomic E-state index is 0.0369. The first-order chi connectivity index (χ1) is 10.7. The summed E-state index contributed by atoms with van der Waals surface area (Å²) in [6.45, 7) is -0.538. The molecular weight excluding hydrogens is 335 g/mol. The maximum atomic E-state index is 13.0. The van der Waals surface area contributed by atoms with Crippen molar-refractivity contribution in [1.82, 2.24) is 9.97 Å². The Morgan fingerprint density at radius 3 is 2.52 bits per heavy atom. The highest BCUT2D eigenvalue weighted by atomic mass is 35.5. The van der Waals surface area contributed by atoms with Crippen molar-refractivity contribution in [3.63, 3.8) is 0 Å². The molecule has 0 saturated heterocycles. The van der Waals surface area contributed by atoms with Crippen LogP contribution in [-0.4, -0.2) is 34.6 Å². The Morgan fingerprint density at radius 1 is 1.30 bits per heavy atom. The number of benzene rings is 1. The van der Waals surface area contributed by atoms with Gasteiger partial charge in [0.1, 0.15) is 6.54 Å². The van der Waals surface area contributed by atoms with Gasteiger partial charge in [0, 0.05) is 17.6 Å². The fourth-order valence-corrected chi connectivity index (χ4v) is 2.06. The van der Waals surface area contributed by atoms with Gasteiger partial charge >= 0.3 is 12.1 Å². The quantitative estimate of drug-likeness (QED) is 0.920. The summed E-state index contributed by atoms with van der Waals surface area (Å²) in [4.78, 5) is 19.1. The third-order valence-electron chi connectivity index (χ3n) is 2.87. The minimum Gasteiger partial charge on any atom is -0.480 e. The van der Waals surface area contributed by atoms with E-state index in [0.717, 1.165) is 11.0 Å². The van der Waals surface area contributed by atoms with Crippen LogP contribution in [0.5, 0.6) is 0 Å². The SMILES string of the molecule is CN(CC(=O)O)c1nc(-c2ccccc2Cl)cc(C(F)(F)F)n1. The van der Waals surface area contributed by atoms with Crippen LogP contribution < -0.4 is 4.90 Å². The lowest BCUT2D eigenvalue weighted by Gasteiger charge is -2.17. The Hall–Kier alpha value is -2.35. The second kappa shape index (κ2) is 6.41. The maximum absolute atomic E-state index is 13.0. The summed E-state index contributed by atoms with van der Waals surface area (Å²) in [7, 11) is 1.29. The number of halogens is 4. The normalized spacial score (nSPS) is 11.3. The van der Waals surface area contributed by atoms with Crippen molar-refractivity contribution < 1.29 is 23.1 Å². The van der Waals surface area contributed by atoms with Gasteiger partial charge in [-0.25, -0.2) is 9.97 Å². The third kappa shape index (κ3) is 4.10. The van der Waals surface area contributed by atoms with Crippen molar-refractivity contribution in [1.29, 1.82) is 0 Å². The molecule has 2 rings (SSSR count). The number of anilines is 1. The van der Waals surface area contributed by atoms with Crippen molar-refractivity contribution in [2.45, 2.75) is 6.18 Å². The Balaban J connectivity index is 2.59. The number of alkyl halides is 3. The van der Waals surface area contributed by atoms with Gasteiger partial charge in [0.15, 0.2) is 5.69 Å². The molecule has 0 spiro atoms. The number of aromatic nitrogens is 2. The first-order valence-electron chi connectivity index (χ1n) is 6.32. The predicted molar refractivity (Wildman–Crippen MR) is 78.4 cm³/mol. The van der Waals surface area contributed by atoms with Crippen LogP contribution in [0.1, 0.15) is 5.69 Å². The number of carboxylic acids is 1. The molecule has 0 fully saturated rings. The van der Waals surface area contributed by atoms with Gasteiger partial charge in [-0.1, -0.05) is 29.8 Å². The lowest BCUT2D eigenvalue weighted by atomic mass is 10.1. The molecule has 0 aliphatic carbocycles. The zero-order valence-electron chi connectivity index (χ0n) is 11.8. The second-order valence-corrected chi connectivity index (χ2v) is 5.07. The molecule has 0 aliphatic rings. The number of likely N-dealkylation sites (N-methyl/N-ethyl adjacent to an activating group) is 1. The number of aliphatic carboxylic acids is 1. The van der Waals surface area contributed by atoms with Crippen molar-refractivity contribution in [3.05, 3.63) is 41.0 Å². The molecule has 1 N–H and O–H groups in total. The van der Waals surface area contributed by atoms with Crippen LogP contribution in [0.25, 0.3) is 11.3 Å². The van der Waals surface area contributed by atoms with Gasteiger partial charge in [-0.3, -0.25) is 4.79 Å². The lowest BCUT2D eigenvalue weighted by Crippen LogP contribution is -2.28. The minimum atomic E-state index is -4.70. The average Bonchev–Trinajstić information content (AvgIpc) is 2.45. The van der Waals surface area contributed by atoms with Crippen LogP contribution in [-0.2, 0) is 11.0 Å². The van der Waals surface area contributed by atoms with Crippen LogP contribution >= 0.6 is 11.6 Å². The van der Waals surface area contributed by atoms with Gasteiger partial charge in [-0.05, 0) is 12.1 Å². The Morgan fingerprint density at radius 2 is 1.96 bits per heavy atom. The molecule has 0 saturated carbocycles. The molecule has 1 aromatic heterocycles. The van der Waals surface area contributed by atoms with Gasteiger partial charge in [0.05, 0.1) is 5.69 Å². The fourth-order valence-electron chi connectivity index (χ4n) is 1.83. The summed E-state index contributed by atoms with van der Waals surface area (Å²) < 4.78 is 39.1. The first kappa shape index (κ1) is 17.0. The summed E-state index contributed by atoms with van der Waals surface area (Å²) >= 11 is 5.99. The van der Waals surface area contributed by atoms with Crippen LogP contribution in [0.2, 0.25) is 5.02 Å². The van der Waals surface area contributed by atoms with Gasteiger partial charge < -0.3 is 10.0 Å². The van der Waals surface area contributed by atoms with E-state index in [4.69, 9.17) is 16.7 Å². The van der Waals surface area contributed by atoms with E-state index >= 15 is 0 Å². The number of nitrogens with zero attached hydrogens (tertiary/aromatic N) is 3. The van der Waals surface area contributed by atoms with Crippen LogP contribution in [0, 0.1) is 0 Å². The topological polar surface area (TPSA) is 66.3 Å². The van der Waals surface area contributed by atoms with E-state index in [1.54, 1.807) is 12.1 Å². The molecule has 0 radical (unpaired) electrons. The van der Waals surface area contributed by atoms with Gasteiger partial charge in [-0.2, -0.15) is 13.2 Å². The molecular formula is C14H11ClF3N3O2. The van der Waals surface area contributed by atoms with E-state index in [-0.39, 0.29) is 16.7 Å². The van der Waals surface area contributed by atoms with Crippen molar-refractivity contribution in [2.75, 3.05) is 18.5 Å². The molecule has 0 unspecified atom stereocenters. The monoisotopic (exact) mass is 345 g/mol. The van der Waals surface area contributed by atoms with Crippen LogP contribution in [0.15, 0.2) is 30.3 Å². The molecule has 122 valence electrons. The third-order valence-corrected chi connectivity index (χ3v) is 3.20. The molecule has 9 heteroatoms. The highest BCUT2D eigenvalue weighted by Crippen LogP contribution is 2.33. The van der Waals surface area contributed by atoms with E-state index in [9.17, 15) is 18.0 Å². The van der Waals surface area contributed by atoms with Gasteiger partial charge in [-0.15, -0.1) is 0 Å². The summed E-state index contributed by atoms with van der Waals surface area (Å²) in [6, 6.07) is 7.06. The molecule has 5 nitrogen and oxygen atoms in total. The van der Waals surface area contributed by atoms with Crippen molar-refractivity contribution in [3.8, 4) is 11.3 Å². The smallest absolute Gasteiger partial charge is 0.433 e. The number of carboxylic acid groups (broad SMARTS) is 1. The number of rotatable bonds is 4. The Kier molecular flexibility index (Phi) is 4.74. The van der Waals surface area contributed by atoms with E-state index in [1.807, 2.05) is 0 Å². The van der Waals surface area contributed by atoms with Crippen LogP contribution in [0.4, 0.5) is 19.1 Å². The Labute approximate surface area is 134 Å². The standard InChI is InChI=1S/C14H11ClF3N3O2/c1-21(7-12(22)23)13-19-10(6-11(20-13)14(16,17)18)8-4-2-3-5-9(8)15/h2-6H,7H2,1H3,(H,22,23). The summed E-state index contributed by atoms with van der Waals surface area (Å²) in [5, 5.41) is 8.99. The number of hydrogen-bond donors (Lipinski definition) is 1. The van der Waals surface area contributed by atoms with E-state index < -0.39 is 24.4 Å². The highest BCUT2D eigenvalue weighted by molar-refractivity contribution is 6.33. The zero-order valence-corrected chi connectivity index (χ0v) is 12.6. The largest absolute Gasteiger partial charge is 0.480 e. The Bertz CT molecular complexity index is 737. The molecule has 0 aliphatic heterocycles. The molecule has 1 heterocycles. The van der Waals surface area contributed by atoms with E-state index in [1.165, 1.54) is 19.2 Å². The second-order valence-electron chi connectivity index (χ2n) is 4.67. The highest BCUT2D eigenvalue weighted by Gasteiger charge is 2.34. The van der Waals surface area contributed by atoms with Crippen LogP contribution in [0.3, 0.4) is 0 Å². The van der Waals surface area contributed by atoms with E-state index in [2.05, 4.69) is 9.97 Å². The predicted octanol–water partition coefficient (Wildman–Crippen LogP) is 3.34. The molecule has 1 aromatic carbocycles. The van der Waals surface area contributed by atoms with Gasteiger partial charge in [0.2, 0.25) is 5.95 Å². The molecule has 23 heavy (non-hydrogen) atoms.